The van der Waals surface area contributed by atoms with Crippen LogP contribution in [0.1, 0.15) is 34.1 Å². The predicted molar refractivity (Wildman–Crippen MR) is 97.4 cm³/mol. The van der Waals surface area contributed by atoms with Crippen molar-refractivity contribution in [1.29, 1.82) is 0 Å². The molecule has 1 aliphatic heterocycles. The fourth-order valence-corrected chi connectivity index (χ4v) is 3.10. The van der Waals surface area contributed by atoms with Crippen molar-refractivity contribution in [3.8, 4) is 5.75 Å². The number of nitrogens with zero attached hydrogens (tertiary/aromatic N) is 2. The van der Waals surface area contributed by atoms with E-state index in [9.17, 15) is 4.79 Å². The molecule has 5 nitrogen and oxygen atoms in total. The highest BCUT2D eigenvalue weighted by Gasteiger charge is 2.31. The van der Waals surface area contributed by atoms with Crippen LogP contribution in [0.4, 0.5) is 4.79 Å². The number of rotatable bonds is 6. The van der Waals surface area contributed by atoms with Crippen molar-refractivity contribution in [2.24, 2.45) is 0 Å². The predicted octanol–water partition coefficient (Wildman–Crippen LogP) is 2.97. The third-order valence-corrected chi connectivity index (χ3v) is 4.39. The van der Waals surface area contributed by atoms with Crippen molar-refractivity contribution in [3.05, 3.63) is 30.3 Å². The van der Waals surface area contributed by atoms with Crippen LogP contribution in [0, 0.1) is 0 Å². The second-order valence-electron chi connectivity index (χ2n) is 6.96. The third-order valence-electron chi connectivity index (χ3n) is 4.39. The Kier molecular flexibility index (Phi) is 6.91. The van der Waals surface area contributed by atoms with Crippen LogP contribution in [0.2, 0.25) is 0 Å². The molecule has 1 N–H and O–H groups in total. The highest BCUT2D eigenvalue weighted by Crippen LogP contribution is 2.16. The lowest BCUT2D eigenvalue weighted by molar-refractivity contribution is 0.0592. The number of nitrogens with one attached hydrogen (secondary N) is 1. The Hall–Kier alpha value is -1.75. The van der Waals surface area contributed by atoms with E-state index >= 15 is 0 Å². The van der Waals surface area contributed by atoms with E-state index in [1.54, 1.807) is 0 Å². The number of hydrogen-bond acceptors (Lipinski definition) is 3. The average Bonchev–Trinajstić information content (AvgIpc) is 2.54. The first-order chi connectivity index (χ1) is 11.5. The van der Waals surface area contributed by atoms with E-state index in [-0.39, 0.29) is 18.1 Å². The summed E-state index contributed by atoms with van der Waals surface area (Å²) in [6, 6.07) is 10.8. The summed E-state index contributed by atoms with van der Waals surface area (Å²) in [4.78, 5) is 16.7. The van der Waals surface area contributed by atoms with Crippen molar-refractivity contribution < 1.29 is 9.53 Å². The highest BCUT2D eigenvalue weighted by atomic mass is 16.5. The first kappa shape index (κ1) is 18.6. The largest absolute Gasteiger partial charge is 0.494 e. The maximum Gasteiger partial charge on any atom is 0.317 e. The van der Waals surface area contributed by atoms with Crippen LogP contribution in [-0.4, -0.2) is 60.2 Å². The number of hydrogen-bond donors (Lipinski definition) is 1. The monoisotopic (exact) mass is 333 g/mol. The molecule has 0 aromatic heterocycles. The van der Waals surface area contributed by atoms with Crippen LogP contribution >= 0.6 is 0 Å². The van der Waals surface area contributed by atoms with Crippen molar-refractivity contribution >= 4 is 6.03 Å². The Balaban J connectivity index is 1.74. The lowest BCUT2D eigenvalue weighted by Crippen LogP contribution is -2.60. The number of urea groups is 1. The Labute approximate surface area is 146 Å². The molecule has 0 bridgehead atoms. The van der Waals surface area contributed by atoms with Crippen LogP contribution in [0.25, 0.3) is 0 Å². The molecule has 2 amide bonds. The molecule has 0 spiro atoms. The molecule has 1 saturated heterocycles. The lowest BCUT2D eigenvalue weighted by atomic mass is 10.1. The summed E-state index contributed by atoms with van der Waals surface area (Å²) in [7, 11) is 0. The van der Waals surface area contributed by atoms with E-state index in [1.165, 1.54) is 0 Å². The van der Waals surface area contributed by atoms with E-state index in [0.29, 0.717) is 6.04 Å². The Bertz CT molecular complexity index is 507. The second-order valence-corrected chi connectivity index (χ2v) is 6.96. The Morgan fingerprint density at radius 3 is 2.58 bits per heavy atom. The molecule has 5 heteroatoms. The molecule has 134 valence electrons. The smallest absolute Gasteiger partial charge is 0.317 e. The Morgan fingerprint density at radius 2 is 1.92 bits per heavy atom. The van der Waals surface area contributed by atoms with Crippen LogP contribution in [0.15, 0.2) is 30.3 Å². The number of piperazine rings is 1. The minimum absolute atomic E-state index is 0.0522. The number of amides is 2. The van der Waals surface area contributed by atoms with Gasteiger partial charge in [0.2, 0.25) is 0 Å². The molecule has 0 radical (unpaired) electrons. The number of carbonyl (C=O) groups excluding carboxylic acids is 1. The molecule has 1 fully saturated rings. The van der Waals surface area contributed by atoms with Crippen LogP contribution in [0.3, 0.4) is 0 Å². The van der Waals surface area contributed by atoms with Gasteiger partial charge < -0.3 is 15.0 Å². The first-order valence-electron chi connectivity index (χ1n) is 8.96. The first-order valence-corrected chi connectivity index (χ1v) is 8.96. The van der Waals surface area contributed by atoms with Crippen LogP contribution in [0.5, 0.6) is 5.75 Å². The Morgan fingerprint density at radius 1 is 1.21 bits per heavy atom. The fourth-order valence-electron chi connectivity index (χ4n) is 3.10. The van der Waals surface area contributed by atoms with Gasteiger partial charge in [0.15, 0.2) is 0 Å². The fraction of sp³-hybridized carbons (Fsp3) is 0.632. The van der Waals surface area contributed by atoms with E-state index in [0.717, 1.165) is 38.4 Å². The maximum absolute atomic E-state index is 12.3. The summed E-state index contributed by atoms with van der Waals surface area (Å²) in [6.45, 7) is 11.7. The van der Waals surface area contributed by atoms with Gasteiger partial charge in [0.1, 0.15) is 5.75 Å². The summed E-state index contributed by atoms with van der Waals surface area (Å²) >= 11 is 0. The van der Waals surface area contributed by atoms with Gasteiger partial charge in [-0.05, 0) is 46.2 Å². The molecule has 1 aromatic rings. The van der Waals surface area contributed by atoms with Gasteiger partial charge in [0, 0.05) is 37.8 Å². The van der Waals surface area contributed by atoms with Gasteiger partial charge in [0.25, 0.3) is 0 Å². The zero-order chi connectivity index (χ0) is 17.5. The number of benzene rings is 1. The van der Waals surface area contributed by atoms with Gasteiger partial charge >= 0.3 is 6.03 Å². The van der Waals surface area contributed by atoms with E-state index < -0.39 is 0 Å². The third kappa shape index (κ3) is 5.41. The molecular weight excluding hydrogens is 302 g/mol. The molecule has 1 aromatic carbocycles. The van der Waals surface area contributed by atoms with Crippen LogP contribution < -0.4 is 10.1 Å². The minimum Gasteiger partial charge on any atom is -0.494 e. The summed E-state index contributed by atoms with van der Waals surface area (Å²) in [5.41, 5.74) is 0. The summed E-state index contributed by atoms with van der Waals surface area (Å²) in [5.74, 6) is 0.925. The molecule has 0 saturated carbocycles. The molecule has 0 aliphatic carbocycles. The van der Waals surface area contributed by atoms with Gasteiger partial charge in [-0.1, -0.05) is 18.2 Å². The number of para-hydroxylation sites is 1. The van der Waals surface area contributed by atoms with Crippen molar-refractivity contribution in [2.75, 3.05) is 26.2 Å². The van der Waals surface area contributed by atoms with E-state index in [2.05, 4.69) is 24.1 Å². The van der Waals surface area contributed by atoms with Gasteiger partial charge in [-0.15, -0.1) is 0 Å². The molecule has 1 aliphatic rings. The normalized spacial score (nSPS) is 21.8. The molecule has 2 rings (SSSR count). The summed E-state index contributed by atoms with van der Waals surface area (Å²) < 4.78 is 5.76. The zero-order valence-corrected chi connectivity index (χ0v) is 15.4. The van der Waals surface area contributed by atoms with Crippen molar-refractivity contribution in [3.63, 3.8) is 0 Å². The van der Waals surface area contributed by atoms with Crippen molar-refractivity contribution in [2.45, 2.75) is 52.2 Å². The zero-order valence-electron chi connectivity index (χ0n) is 15.4. The topological polar surface area (TPSA) is 44.8 Å². The SMILES string of the molecule is CC(C)NC(=O)N1C[C@H](C)N(CCCOc2ccccc2)C[C@H]1C. The van der Waals surface area contributed by atoms with Gasteiger partial charge in [-0.2, -0.15) is 0 Å². The molecular formula is C19H31N3O2. The minimum atomic E-state index is 0.0522. The number of ether oxygens (including phenoxy) is 1. The summed E-state index contributed by atoms with van der Waals surface area (Å²) in [6.07, 6.45) is 0.990. The molecule has 1 heterocycles. The van der Waals surface area contributed by atoms with E-state index in [1.807, 2.05) is 49.1 Å². The highest BCUT2D eigenvalue weighted by molar-refractivity contribution is 5.75. The standard InChI is InChI=1S/C19H31N3O2/c1-15(2)20-19(23)22-14-16(3)21(13-17(22)4)11-8-12-24-18-9-6-5-7-10-18/h5-7,9-10,15-17H,8,11-14H2,1-4H3,(H,20,23)/t16-,17+/m0/s1. The molecule has 0 unspecified atom stereocenters. The lowest BCUT2D eigenvalue weighted by Gasteiger charge is -2.44. The van der Waals surface area contributed by atoms with Crippen molar-refractivity contribution in [1.82, 2.24) is 15.1 Å². The van der Waals surface area contributed by atoms with Crippen LogP contribution in [-0.2, 0) is 0 Å². The van der Waals surface area contributed by atoms with Gasteiger partial charge in [-0.3, -0.25) is 4.90 Å². The summed E-state index contributed by atoms with van der Waals surface area (Å²) in [5, 5.41) is 3.00. The van der Waals surface area contributed by atoms with Gasteiger partial charge in [0.05, 0.1) is 6.61 Å². The molecule has 24 heavy (non-hydrogen) atoms. The number of carbonyl (C=O) groups is 1. The second kappa shape index (κ2) is 8.92. The average molecular weight is 333 g/mol. The van der Waals surface area contributed by atoms with Gasteiger partial charge in [-0.25, -0.2) is 4.79 Å². The molecule has 2 atom stereocenters. The maximum atomic E-state index is 12.3. The van der Waals surface area contributed by atoms with E-state index in [4.69, 9.17) is 4.74 Å². The quantitative estimate of drug-likeness (QED) is 0.814.